The first-order valence-corrected chi connectivity index (χ1v) is 8.89. The molecule has 0 aliphatic carbocycles. The van der Waals surface area contributed by atoms with E-state index in [2.05, 4.69) is 37.2 Å². The van der Waals surface area contributed by atoms with Crippen LogP contribution in [0.3, 0.4) is 0 Å². The zero-order chi connectivity index (χ0) is 18.1. The smallest absolute Gasteiger partial charge is 0.273 e. The summed E-state index contributed by atoms with van der Waals surface area (Å²) in [4.78, 5) is 38.1. The van der Waals surface area contributed by atoms with Gasteiger partial charge < -0.3 is 0 Å². The Hall–Kier alpha value is -2.25. The highest BCUT2D eigenvalue weighted by Gasteiger charge is 2.37. The van der Waals surface area contributed by atoms with Gasteiger partial charge in [-0.25, -0.2) is 9.69 Å². The molecule has 1 aliphatic rings. The summed E-state index contributed by atoms with van der Waals surface area (Å²) in [5, 5.41) is 2.21. The summed E-state index contributed by atoms with van der Waals surface area (Å²) in [6, 6.07) is 11.5. The van der Waals surface area contributed by atoms with E-state index < -0.39 is 17.8 Å². The van der Waals surface area contributed by atoms with Crippen molar-refractivity contribution in [2.75, 3.05) is 4.90 Å². The highest BCUT2D eigenvalue weighted by Crippen LogP contribution is 2.27. The van der Waals surface area contributed by atoms with Crippen molar-refractivity contribution >= 4 is 61.5 Å². The fraction of sp³-hybridized carbons (Fsp3) is 0.0556. The Bertz CT molecular complexity index is 938. The lowest BCUT2D eigenvalue weighted by atomic mass is 10.1. The van der Waals surface area contributed by atoms with Crippen molar-refractivity contribution < 1.29 is 14.4 Å². The Morgan fingerprint density at radius 3 is 2.40 bits per heavy atom. The number of amides is 4. The van der Waals surface area contributed by atoms with Crippen LogP contribution in [0.1, 0.15) is 11.1 Å². The lowest BCUT2D eigenvalue weighted by molar-refractivity contribution is -0.122. The minimum Gasteiger partial charge on any atom is -0.273 e. The second kappa shape index (κ2) is 6.93. The number of rotatable bonds is 2. The van der Waals surface area contributed by atoms with Gasteiger partial charge in [-0.3, -0.25) is 14.9 Å². The first kappa shape index (κ1) is 17.6. The van der Waals surface area contributed by atoms with Crippen molar-refractivity contribution in [3.63, 3.8) is 0 Å². The molecule has 1 saturated heterocycles. The minimum absolute atomic E-state index is 0.105. The van der Waals surface area contributed by atoms with Gasteiger partial charge in [0.2, 0.25) is 0 Å². The third kappa shape index (κ3) is 3.43. The molecule has 1 N–H and O–H groups in total. The van der Waals surface area contributed by atoms with E-state index >= 15 is 0 Å². The number of carbonyl (C=O) groups is 3. The van der Waals surface area contributed by atoms with Crippen LogP contribution in [-0.4, -0.2) is 17.8 Å². The molecule has 0 aromatic heterocycles. The van der Waals surface area contributed by atoms with E-state index in [0.29, 0.717) is 11.3 Å². The molecule has 0 bridgehead atoms. The van der Waals surface area contributed by atoms with E-state index in [9.17, 15) is 14.4 Å². The predicted molar refractivity (Wildman–Crippen MR) is 102 cm³/mol. The molecule has 7 heteroatoms. The van der Waals surface area contributed by atoms with E-state index in [-0.39, 0.29) is 5.57 Å². The lowest BCUT2D eigenvalue weighted by Gasteiger charge is -2.26. The Morgan fingerprint density at radius 2 is 1.72 bits per heavy atom. The molecule has 126 valence electrons. The summed E-state index contributed by atoms with van der Waals surface area (Å²) in [6.45, 7) is 1.85. The number of barbiturate groups is 1. The Morgan fingerprint density at radius 1 is 1.00 bits per heavy atom. The van der Waals surface area contributed by atoms with Gasteiger partial charge in [-0.05, 0) is 48.4 Å². The van der Waals surface area contributed by atoms with Gasteiger partial charge in [-0.15, -0.1) is 0 Å². The predicted octanol–water partition coefficient (Wildman–Crippen LogP) is 4.19. The number of carbonyl (C=O) groups excluding carboxylic acids is 3. The molecule has 2 aromatic carbocycles. The fourth-order valence-corrected chi connectivity index (χ4v) is 3.05. The van der Waals surface area contributed by atoms with Crippen LogP contribution in [0.15, 0.2) is 57.0 Å². The summed E-state index contributed by atoms with van der Waals surface area (Å²) < 4.78 is 1.60. The van der Waals surface area contributed by atoms with Gasteiger partial charge in [-0.2, -0.15) is 0 Å². The quantitative estimate of drug-likeness (QED) is 0.536. The number of benzene rings is 2. The lowest BCUT2D eigenvalue weighted by Crippen LogP contribution is -2.54. The summed E-state index contributed by atoms with van der Waals surface area (Å²) in [5.41, 5.74) is 1.83. The fourth-order valence-electron chi connectivity index (χ4n) is 2.41. The molecule has 0 unspecified atom stereocenters. The number of aryl methyl sites for hydroxylation is 1. The SMILES string of the molecule is Cc1cc(N2C(=O)NC(=O)/C(=C\c3ccccc3Br)C2=O)ccc1Br. The van der Waals surface area contributed by atoms with E-state index in [1.54, 1.807) is 36.4 Å². The molecule has 0 spiro atoms. The maximum Gasteiger partial charge on any atom is 0.335 e. The first-order chi connectivity index (χ1) is 11.9. The zero-order valence-corrected chi connectivity index (χ0v) is 16.2. The van der Waals surface area contributed by atoms with Crippen molar-refractivity contribution in [3.8, 4) is 0 Å². The third-order valence-electron chi connectivity index (χ3n) is 3.71. The molecule has 3 rings (SSSR count). The largest absolute Gasteiger partial charge is 0.335 e. The van der Waals surface area contributed by atoms with Gasteiger partial charge in [0, 0.05) is 8.95 Å². The van der Waals surface area contributed by atoms with Crippen molar-refractivity contribution in [2.24, 2.45) is 0 Å². The molecule has 2 aromatic rings. The van der Waals surface area contributed by atoms with Gasteiger partial charge in [0.15, 0.2) is 0 Å². The molecule has 0 saturated carbocycles. The Labute approximate surface area is 161 Å². The van der Waals surface area contributed by atoms with Crippen molar-refractivity contribution in [1.29, 1.82) is 0 Å². The average molecular weight is 464 g/mol. The molecule has 0 radical (unpaired) electrons. The number of imide groups is 2. The Kier molecular flexibility index (Phi) is 4.87. The molecule has 1 fully saturated rings. The number of nitrogens with one attached hydrogen (secondary N) is 1. The van der Waals surface area contributed by atoms with Crippen LogP contribution in [0.2, 0.25) is 0 Å². The molecule has 4 amide bonds. The summed E-state index contributed by atoms with van der Waals surface area (Å²) in [7, 11) is 0. The van der Waals surface area contributed by atoms with Crippen LogP contribution in [0, 0.1) is 6.92 Å². The van der Waals surface area contributed by atoms with Gasteiger partial charge in [0.25, 0.3) is 11.8 Å². The molecule has 1 aliphatic heterocycles. The number of halogens is 2. The van der Waals surface area contributed by atoms with Crippen molar-refractivity contribution in [1.82, 2.24) is 5.32 Å². The van der Waals surface area contributed by atoms with E-state index in [0.717, 1.165) is 19.4 Å². The summed E-state index contributed by atoms with van der Waals surface area (Å²) >= 11 is 6.76. The monoisotopic (exact) mass is 462 g/mol. The van der Waals surface area contributed by atoms with Crippen molar-refractivity contribution in [3.05, 3.63) is 68.1 Å². The molecular weight excluding hydrogens is 452 g/mol. The second-order valence-corrected chi connectivity index (χ2v) is 7.12. The topological polar surface area (TPSA) is 66.5 Å². The molecule has 0 atom stereocenters. The normalized spacial score (nSPS) is 16.4. The Balaban J connectivity index is 2.05. The number of hydrogen-bond acceptors (Lipinski definition) is 3. The standard InChI is InChI=1S/C18H12Br2N2O3/c1-10-8-12(6-7-14(10)19)22-17(24)13(16(23)21-18(22)25)9-11-4-2-3-5-15(11)20/h2-9H,1H3,(H,21,23,25)/b13-9+. The third-order valence-corrected chi connectivity index (χ3v) is 5.32. The average Bonchev–Trinajstić information content (AvgIpc) is 2.56. The highest BCUT2D eigenvalue weighted by atomic mass is 79.9. The van der Waals surface area contributed by atoms with Gasteiger partial charge in [0.05, 0.1) is 5.69 Å². The first-order valence-electron chi connectivity index (χ1n) is 7.30. The van der Waals surface area contributed by atoms with E-state index in [1.165, 1.54) is 6.08 Å². The molecule has 25 heavy (non-hydrogen) atoms. The van der Waals surface area contributed by atoms with Gasteiger partial charge >= 0.3 is 6.03 Å². The van der Waals surface area contributed by atoms with Crippen LogP contribution < -0.4 is 10.2 Å². The summed E-state index contributed by atoms with van der Waals surface area (Å²) in [6.07, 6.45) is 1.47. The number of nitrogens with zero attached hydrogens (tertiary/aromatic N) is 1. The number of anilines is 1. The maximum absolute atomic E-state index is 12.8. The summed E-state index contributed by atoms with van der Waals surface area (Å²) in [5.74, 6) is -1.37. The van der Waals surface area contributed by atoms with Crippen LogP contribution >= 0.6 is 31.9 Å². The number of hydrogen-bond donors (Lipinski definition) is 1. The minimum atomic E-state index is -0.763. The van der Waals surface area contributed by atoms with Gasteiger partial charge in [0.1, 0.15) is 5.57 Å². The number of urea groups is 1. The molecule has 1 heterocycles. The van der Waals surface area contributed by atoms with E-state index in [1.807, 2.05) is 13.0 Å². The van der Waals surface area contributed by atoms with Crippen molar-refractivity contribution in [2.45, 2.75) is 6.92 Å². The molecular formula is C18H12Br2N2O3. The maximum atomic E-state index is 12.8. The molecule has 5 nitrogen and oxygen atoms in total. The second-order valence-electron chi connectivity index (χ2n) is 5.41. The van der Waals surface area contributed by atoms with Gasteiger partial charge in [-0.1, -0.05) is 50.1 Å². The van der Waals surface area contributed by atoms with E-state index in [4.69, 9.17) is 0 Å². The highest BCUT2D eigenvalue weighted by molar-refractivity contribution is 9.10. The van der Waals surface area contributed by atoms with Crippen LogP contribution in [0.4, 0.5) is 10.5 Å². The van der Waals surface area contributed by atoms with Crippen LogP contribution in [0.5, 0.6) is 0 Å². The van der Waals surface area contributed by atoms with Crippen LogP contribution in [0.25, 0.3) is 6.08 Å². The zero-order valence-electron chi connectivity index (χ0n) is 13.0. The van der Waals surface area contributed by atoms with Crippen LogP contribution in [-0.2, 0) is 9.59 Å².